The normalized spacial score (nSPS) is 11.0. The maximum atomic E-state index is 12.8. The number of furan rings is 1. The van der Waals surface area contributed by atoms with E-state index in [4.69, 9.17) is 9.15 Å². The molecule has 4 rings (SSSR count). The summed E-state index contributed by atoms with van der Waals surface area (Å²) in [7, 11) is 0. The number of hydrogen-bond donors (Lipinski definition) is 0. The Bertz CT molecular complexity index is 1300. The van der Waals surface area contributed by atoms with E-state index >= 15 is 0 Å². The highest BCUT2D eigenvalue weighted by Crippen LogP contribution is 2.26. The van der Waals surface area contributed by atoms with Crippen LogP contribution < -0.4 is 5.56 Å². The van der Waals surface area contributed by atoms with Gasteiger partial charge in [-0.2, -0.15) is 0 Å². The Labute approximate surface area is 176 Å². The van der Waals surface area contributed by atoms with Gasteiger partial charge >= 0.3 is 5.97 Å². The Balaban J connectivity index is 1.59. The maximum absolute atomic E-state index is 12.8. The number of pyridine rings is 1. The molecule has 30 heavy (non-hydrogen) atoms. The second-order valence-corrected chi connectivity index (χ2v) is 7.39. The third-order valence-corrected chi connectivity index (χ3v) is 5.09. The van der Waals surface area contributed by atoms with Gasteiger partial charge in [-0.05, 0) is 43.9 Å². The first-order valence-electron chi connectivity index (χ1n) is 9.09. The number of rotatable bonds is 5. The molecule has 0 atom stereocenters. The number of nitrogens with zero attached hydrogens (tertiary/aromatic N) is 4. The zero-order valence-electron chi connectivity index (χ0n) is 16.6. The van der Waals surface area contributed by atoms with Gasteiger partial charge in [-0.25, -0.2) is 19.7 Å². The van der Waals surface area contributed by atoms with Crippen LogP contribution in [0, 0.1) is 13.8 Å². The van der Waals surface area contributed by atoms with E-state index in [2.05, 4.69) is 15.0 Å². The highest BCUT2D eigenvalue weighted by atomic mass is 32.2. The monoisotopic (exact) mass is 422 g/mol. The van der Waals surface area contributed by atoms with Crippen LogP contribution in [0.5, 0.6) is 0 Å². The molecule has 0 aliphatic carbocycles. The van der Waals surface area contributed by atoms with Crippen molar-refractivity contribution >= 4 is 23.4 Å². The Kier molecular flexibility index (Phi) is 5.37. The van der Waals surface area contributed by atoms with Gasteiger partial charge in [-0.3, -0.25) is 9.20 Å². The minimum absolute atomic E-state index is 0.133. The van der Waals surface area contributed by atoms with E-state index < -0.39 is 5.97 Å². The SMILES string of the molecule is CSc1nc(-c2ccco2)nc(C)c1C(=O)OCc1cc(=O)n2cc(C)ccc2n1. The largest absolute Gasteiger partial charge is 0.461 e. The number of carbonyl (C=O) groups is 1. The molecule has 8 nitrogen and oxygen atoms in total. The molecule has 0 saturated heterocycles. The van der Waals surface area contributed by atoms with Crippen molar-refractivity contribution in [3.63, 3.8) is 0 Å². The summed E-state index contributed by atoms with van der Waals surface area (Å²) in [5.74, 6) is 0.344. The fourth-order valence-corrected chi connectivity index (χ4v) is 3.60. The zero-order chi connectivity index (χ0) is 21.3. The lowest BCUT2D eigenvalue weighted by atomic mass is 10.2. The van der Waals surface area contributed by atoms with Crippen LogP contribution in [0.3, 0.4) is 0 Å². The second kappa shape index (κ2) is 8.11. The first kappa shape index (κ1) is 19.8. The van der Waals surface area contributed by atoms with E-state index in [9.17, 15) is 9.59 Å². The summed E-state index contributed by atoms with van der Waals surface area (Å²) < 4.78 is 12.2. The third kappa shape index (κ3) is 3.84. The lowest BCUT2D eigenvalue weighted by Crippen LogP contribution is -2.17. The van der Waals surface area contributed by atoms with E-state index in [1.165, 1.54) is 28.5 Å². The van der Waals surface area contributed by atoms with E-state index in [-0.39, 0.29) is 17.7 Å². The minimum atomic E-state index is -0.575. The molecule has 9 heteroatoms. The fourth-order valence-electron chi connectivity index (χ4n) is 2.99. The Hall–Kier alpha value is -3.46. The zero-order valence-corrected chi connectivity index (χ0v) is 17.4. The second-order valence-electron chi connectivity index (χ2n) is 6.59. The molecule has 0 spiro atoms. The molecular formula is C21H18N4O4S. The fraction of sp³-hybridized carbons (Fsp3) is 0.190. The number of carbonyl (C=O) groups excluding carboxylic acids is 1. The lowest BCUT2D eigenvalue weighted by molar-refractivity contribution is 0.0461. The Morgan fingerprint density at radius 2 is 2.03 bits per heavy atom. The number of thioether (sulfide) groups is 1. The molecule has 4 aromatic heterocycles. The first-order valence-corrected chi connectivity index (χ1v) is 10.3. The summed E-state index contributed by atoms with van der Waals surface area (Å²) in [5, 5.41) is 0.487. The maximum Gasteiger partial charge on any atom is 0.343 e. The van der Waals surface area contributed by atoms with Crippen LogP contribution in [-0.2, 0) is 11.3 Å². The number of esters is 1. The van der Waals surface area contributed by atoms with E-state index in [1.54, 1.807) is 31.3 Å². The highest BCUT2D eigenvalue weighted by molar-refractivity contribution is 7.98. The average molecular weight is 422 g/mol. The molecular weight excluding hydrogens is 404 g/mol. The van der Waals surface area contributed by atoms with Gasteiger partial charge in [-0.1, -0.05) is 6.07 Å². The molecule has 0 N–H and O–H groups in total. The van der Waals surface area contributed by atoms with Gasteiger partial charge in [0.15, 0.2) is 11.6 Å². The van der Waals surface area contributed by atoms with Crippen molar-refractivity contribution in [3.8, 4) is 11.6 Å². The molecule has 0 amide bonds. The van der Waals surface area contributed by atoms with Crippen LogP contribution in [-0.4, -0.2) is 31.6 Å². The minimum Gasteiger partial charge on any atom is -0.461 e. The average Bonchev–Trinajstić information content (AvgIpc) is 3.27. The molecule has 0 unspecified atom stereocenters. The summed E-state index contributed by atoms with van der Waals surface area (Å²) in [6.45, 7) is 3.48. The Morgan fingerprint density at radius 1 is 1.20 bits per heavy atom. The molecule has 0 fully saturated rings. The molecule has 0 aliphatic rings. The van der Waals surface area contributed by atoms with Gasteiger partial charge in [0.2, 0.25) is 0 Å². The van der Waals surface area contributed by atoms with Crippen molar-refractivity contribution in [2.24, 2.45) is 0 Å². The van der Waals surface area contributed by atoms with E-state index in [1.807, 2.05) is 19.2 Å². The summed E-state index contributed by atoms with van der Waals surface area (Å²) in [6.07, 6.45) is 5.07. The standard InChI is InChI=1S/C21H18N4O4S/c1-12-6-7-16-23-14(9-17(26)25(16)10-12)11-29-21(27)18-13(2)22-19(24-20(18)30-3)15-5-4-8-28-15/h4-10H,11H2,1-3H3. The van der Waals surface area contributed by atoms with Crippen molar-refractivity contribution in [2.75, 3.05) is 6.26 Å². The highest BCUT2D eigenvalue weighted by Gasteiger charge is 2.21. The molecule has 0 saturated carbocycles. The van der Waals surface area contributed by atoms with Gasteiger partial charge < -0.3 is 9.15 Å². The van der Waals surface area contributed by atoms with Crippen LogP contribution >= 0.6 is 11.8 Å². The van der Waals surface area contributed by atoms with Crippen molar-refractivity contribution in [2.45, 2.75) is 25.5 Å². The van der Waals surface area contributed by atoms with Crippen molar-refractivity contribution in [1.29, 1.82) is 0 Å². The topological polar surface area (TPSA) is 99.6 Å². The van der Waals surface area contributed by atoms with E-state index in [0.717, 1.165) is 5.56 Å². The van der Waals surface area contributed by atoms with Crippen LogP contribution in [0.15, 0.2) is 57.0 Å². The van der Waals surface area contributed by atoms with Gasteiger partial charge in [0.1, 0.15) is 22.8 Å². The smallest absolute Gasteiger partial charge is 0.343 e. The molecule has 4 heterocycles. The number of ether oxygens (including phenoxy) is 1. The summed E-state index contributed by atoms with van der Waals surface area (Å²) in [6, 6.07) is 8.47. The molecule has 152 valence electrons. The number of hydrogen-bond acceptors (Lipinski definition) is 8. The Morgan fingerprint density at radius 3 is 2.77 bits per heavy atom. The predicted octanol–water partition coefficient (Wildman–Crippen LogP) is 3.44. The van der Waals surface area contributed by atoms with Crippen LogP contribution in [0.2, 0.25) is 0 Å². The molecule has 0 aliphatic heterocycles. The molecule has 0 radical (unpaired) electrons. The van der Waals surface area contributed by atoms with Gasteiger partial charge in [0.05, 0.1) is 17.7 Å². The summed E-state index contributed by atoms with van der Waals surface area (Å²) in [5.41, 5.74) is 2.34. The number of aryl methyl sites for hydroxylation is 2. The van der Waals surface area contributed by atoms with Crippen molar-refractivity contribution in [1.82, 2.24) is 19.4 Å². The van der Waals surface area contributed by atoms with Gasteiger partial charge in [0.25, 0.3) is 5.56 Å². The third-order valence-electron chi connectivity index (χ3n) is 4.41. The summed E-state index contributed by atoms with van der Waals surface area (Å²) >= 11 is 1.31. The number of fused-ring (bicyclic) bond motifs is 1. The van der Waals surface area contributed by atoms with Crippen LogP contribution in [0.25, 0.3) is 17.2 Å². The van der Waals surface area contributed by atoms with Crippen molar-refractivity contribution < 1.29 is 13.9 Å². The van der Waals surface area contributed by atoms with Crippen LogP contribution in [0.1, 0.15) is 27.3 Å². The first-order chi connectivity index (χ1) is 14.5. The molecule has 0 aromatic carbocycles. The molecule has 0 bridgehead atoms. The molecule has 4 aromatic rings. The lowest BCUT2D eigenvalue weighted by Gasteiger charge is -2.11. The van der Waals surface area contributed by atoms with E-state index in [0.29, 0.717) is 33.6 Å². The van der Waals surface area contributed by atoms with Crippen molar-refractivity contribution in [3.05, 3.63) is 75.7 Å². The predicted molar refractivity (Wildman–Crippen MR) is 112 cm³/mol. The van der Waals surface area contributed by atoms with Gasteiger partial charge in [-0.15, -0.1) is 11.8 Å². The summed E-state index contributed by atoms with van der Waals surface area (Å²) in [4.78, 5) is 38.3. The van der Waals surface area contributed by atoms with Crippen LogP contribution in [0.4, 0.5) is 0 Å². The number of aromatic nitrogens is 4. The quantitative estimate of drug-likeness (QED) is 0.274. The van der Waals surface area contributed by atoms with Gasteiger partial charge in [0, 0.05) is 12.3 Å².